The van der Waals surface area contributed by atoms with E-state index in [9.17, 15) is 14.0 Å². The second-order valence-electron chi connectivity index (χ2n) is 6.77. The highest BCUT2D eigenvalue weighted by atomic mass is 32.2. The van der Waals surface area contributed by atoms with Crippen LogP contribution in [0.15, 0.2) is 34.0 Å². The maximum absolute atomic E-state index is 13.0. The number of thioether (sulfide) groups is 1. The van der Waals surface area contributed by atoms with Crippen LogP contribution in [0.3, 0.4) is 0 Å². The normalized spacial score (nSPS) is 17.2. The maximum Gasteiger partial charge on any atom is 0.233 e. The standard InChI is InChI=1S/C19H20FN3O2S2/c20-15-5-3-13(4-6-15)16-11-26-19(21-16)27-12-17(24)22-7-9-23(10-8-22)18(25)14-1-2-14/h3-6,11,14H,1-2,7-10,12H2. The molecule has 1 aromatic heterocycles. The van der Waals surface area contributed by atoms with Crippen molar-refractivity contribution in [3.8, 4) is 11.3 Å². The van der Waals surface area contributed by atoms with Gasteiger partial charge in [0.25, 0.3) is 0 Å². The number of benzene rings is 1. The molecule has 5 nitrogen and oxygen atoms in total. The molecule has 0 atom stereocenters. The molecule has 2 heterocycles. The molecule has 1 saturated carbocycles. The van der Waals surface area contributed by atoms with Gasteiger partial charge in [-0.25, -0.2) is 9.37 Å². The summed E-state index contributed by atoms with van der Waals surface area (Å²) in [6.07, 6.45) is 2.03. The largest absolute Gasteiger partial charge is 0.339 e. The molecule has 1 aliphatic heterocycles. The molecule has 0 N–H and O–H groups in total. The Balaban J connectivity index is 1.26. The van der Waals surface area contributed by atoms with Gasteiger partial charge in [-0.05, 0) is 37.1 Å². The average molecular weight is 406 g/mol. The summed E-state index contributed by atoms with van der Waals surface area (Å²) in [5.41, 5.74) is 1.66. The predicted octanol–water partition coefficient (Wildman–Crippen LogP) is 3.12. The zero-order valence-corrected chi connectivity index (χ0v) is 16.4. The second kappa shape index (κ2) is 7.98. The number of halogens is 1. The first-order chi connectivity index (χ1) is 13.1. The van der Waals surface area contributed by atoms with Gasteiger partial charge in [0.1, 0.15) is 5.82 Å². The lowest BCUT2D eigenvalue weighted by Gasteiger charge is -2.34. The van der Waals surface area contributed by atoms with E-state index in [0.29, 0.717) is 31.9 Å². The molecular weight excluding hydrogens is 385 g/mol. The minimum Gasteiger partial charge on any atom is -0.339 e. The van der Waals surface area contributed by atoms with Gasteiger partial charge >= 0.3 is 0 Å². The van der Waals surface area contributed by atoms with E-state index in [1.54, 1.807) is 12.1 Å². The fourth-order valence-electron chi connectivity index (χ4n) is 3.06. The summed E-state index contributed by atoms with van der Waals surface area (Å²) in [4.78, 5) is 32.8. The lowest BCUT2D eigenvalue weighted by molar-refractivity contribution is -0.139. The Labute approximate surface area is 165 Å². The van der Waals surface area contributed by atoms with Crippen molar-refractivity contribution in [2.75, 3.05) is 31.9 Å². The molecule has 0 radical (unpaired) electrons. The molecule has 1 saturated heterocycles. The molecule has 0 spiro atoms. The van der Waals surface area contributed by atoms with Gasteiger partial charge in [0.15, 0.2) is 4.34 Å². The number of aromatic nitrogens is 1. The number of rotatable bonds is 5. The van der Waals surface area contributed by atoms with Crippen LogP contribution in [0.25, 0.3) is 11.3 Å². The van der Waals surface area contributed by atoms with Crippen molar-refractivity contribution in [3.63, 3.8) is 0 Å². The predicted molar refractivity (Wildman–Crippen MR) is 104 cm³/mol. The van der Waals surface area contributed by atoms with Crippen LogP contribution >= 0.6 is 23.1 Å². The number of amides is 2. The summed E-state index contributed by atoms with van der Waals surface area (Å²) >= 11 is 2.91. The molecule has 27 heavy (non-hydrogen) atoms. The first-order valence-electron chi connectivity index (χ1n) is 9.01. The van der Waals surface area contributed by atoms with E-state index >= 15 is 0 Å². The lowest BCUT2D eigenvalue weighted by Crippen LogP contribution is -2.51. The summed E-state index contributed by atoms with van der Waals surface area (Å²) in [5, 5.41) is 1.92. The fourth-order valence-corrected chi connectivity index (χ4v) is 4.79. The molecule has 1 aliphatic carbocycles. The minimum atomic E-state index is -0.270. The van der Waals surface area contributed by atoms with E-state index in [1.807, 2.05) is 15.2 Å². The van der Waals surface area contributed by atoms with E-state index in [2.05, 4.69) is 4.98 Å². The van der Waals surface area contributed by atoms with Gasteiger partial charge in [0, 0.05) is 43.0 Å². The Morgan fingerprint density at radius 3 is 2.44 bits per heavy atom. The molecule has 2 aromatic rings. The van der Waals surface area contributed by atoms with Crippen molar-refractivity contribution in [2.24, 2.45) is 5.92 Å². The topological polar surface area (TPSA) is 53.5 Å². The molecule has 2 fully saturated rings. The van der Waals surface area contributed by atoms with Crippen molar-refractivity contribution in [2.45, 2.75) is 17.2 Å². The fraction of sp³-hybridized carbons (Fsp3) is 0.421. The molecule has 4 rings (SSSR count). The Morgan fingerprint density at radius 2 is 1.78 bits per heavy atom. The van der Waals surface area contributed by atoms with Crippen molar-refractivity contribution >= 4 is 34.9 Å². The van der Waals surface area contributed by atoms with Crippen LogP contribution in [0.4, 0.5) is 4.39 Å². The van der Waals surface area contributed by atoms with Crippen LogP contribution in [-0.2, 0) is 9.59 Å². The highest BCUT2D eigenvalue weighted by molar-refractivity contribution is 8.01. The Hall–Kier alpha value is -1.93. The van der Waals surface area contributed by atoms with Gasteiger partial charge in [-0.3, -0.25) is 9.59 Å². The molecule has 0 unspecified atom stereocenters. The van der Waals surface area contributed by atoms with Gasteiger partial charge in [-0.1, -0.05) is 11.8 Å². The zero-order chi connectivity index (χ0) is 18.8. The van der Waals surface area contributed by atoms with Gasteiger partial charge in [-0.15, -0.1) is 11.3 Å². The first kappa shape index (κ1) is 18.4. The number of carbonyl (C=O) groups excluding carboxylic acids is 2. The third-order valence-corrected chi connectivity index (χ3v) is 6.82. The number of carbonyl (C=O) groups is 2. The first-order valence-corrected chi connectivity index (χ1v) is 10.9. The summed E-state index contributed by atoms with van der Waals surface area (Å²) < 4.78 is 13.8. The van der Waals surface area contributed by atoms with E-state index in [-0.39, 0.29) is 23.5 Å². The van der Waals surface area contributed by atoms with Gasteiger partial charge in [0.2, 0.25) is 11.8 Å². The molecule has 2 amide bonds. The molecule has 1 aromatic carbocycles. The number of nitrogens with zero attached hydrogens (tertiary/aromatic N) is 3. The average Bonchev–Trinajstić information content (AvgIpc) is 3.44. The molecule has 142 valence electrons. The van der Waals surface area contributed by atoms with Gasteiger partial charge in [-0.2, -0.15) is 0 Å². The lowest BCUT2D eigenvalue weighted by atomic mass is 10.2. The van der Waals surface area contributed by atoms with Crippen molar-refractivity contribution in [1.82, 2.24) is 14.8 Å². The number of thiazole rings is 1. The SMILES string of the molecule is O=C(CSc1nc(-c2ccc(F)cc2)cs1)N1CCN(C(=O)C2CC2)CC1. The number of hydrogen-bond donors (Lipinski definition) is 0. The van der Waals surface area contributed by atoms with Crippen LogP contribution in [0.5, 0.6) is 0 Å². The van der Waals surface area contributed by atoms with Gasteiger partial charge in [0.05, 0.1) is 11.4 Å². The summed E-state index contributed by atoms with van der Waals surface area (Å²) in [6.45, 7) is 2.49. The van der Waals surface area contributed by atoms with E-state index in [1.165, 1.54) is 35.2 Å². The summed E-state index contributed by atoms with van der Waals surface area (Å²) in [5.74, 6) is 0.646. The highest BCUT2D eigenvalue weighted by Crippen LogP contribution is 2.31. The minimum absolute atomic E-state index is 0.0806. The van der Waals surface area contributed by atoms with Crippen LogP contribution in [0, 0.1) is 11.7 Å². The molecular formula is C19H20FN3O2S2. The van der Waals surface area contributed by atoms with Crippen LogP contribution in [0.1, 0.15) is 12.8 Å². The van der Waals surface area contributed by atoms with E-state index in [4.69, 9.17) is 0 Å². The zero-order valence-electron chi connectivity index (χ0n) is 14.8. The highest BCUT2D eigenvalue weighted by Gasteiger charge is 2.35. The van der Waals surface area contributed by atoms with Crippen LogP contribution in [0.2, 0.25) is 0 Å². The van der Waals surface area contributed by atoms with E-state index < -0.39 is 0 Å². The maximum atomic E-state index is 13.0. The quantitative estimate of drug-likeness (QED) is 0.718. The van der Waals surface area contributed by atoms with Crippen LogP contribution < -0.4 is 0 Å². The Bertz CT molecular complexity index is 828. The molecule has 2 aliphatic rings. The third kappa shape index (κ3) is 4.50. The number of hydrogen-bond acceptors (Lipinski definition) is 5. The smallest absolute Gasteiger partial charge is 0.233 e. The van der Waals surface area contributed by atoms with Crippen molar-refractivity contribution < 1.29 is 14.0 Å². The monoisotopic (exact) mass is 405 g/mol. The Kier molecular flexibility index (Phi) is 5.45. The van der Waals surface area contributed by atoms with Crippen molar-refractivity contribution in [3.05, 3.63) is 35.5 Å². The van der Waals surface area contributed by atoms with E-state index in [0.717, 1.165) is 28.4 Å². The van der Waals surface area contributed by atoms with Gasteiger partial charge < -0.3 is 9.80 Å². The van der Waals surface area contributed by atoms with Crippen molar-refractivity contribution in [1.29, 1.82) is 0 Å². The molecule has 0 bridgehead atoms. The summed E-state index contributed by atoms with van der Waals surface area (Å²) in [7, 11) is 0. The third-order valence-electron chi connectivity index (χ3n) is 4.81. The number of piperazine rings is 1. The second-order valence-corrected chi connectivity index (χ2v) is 8.86. The van der Waals surface area contributed by atoms with Crippen LogP contribution in [-0.4, -0.2) is 58.5 Å². The summed E-state index contributed by atoms with van der Waals surface area (Å²) in [6, 6.07) is 6.23. The Morgan fingerprint density at radius 1 is 1.11 bits per heavy atom. The molecule has 8 heteroatoms.